The first-order chi connectivity index (χ1) is 7.93. The summed E-state index contributed by atoms with van der Waals surface area (Å²) in [5.41, 5.74) is 6.49. The summed E-state index contributed by atoms with van der Waals surface area (Å²) >= 11 is 0. The first-order valence-corrected chi connectivity index (χ1v) is 7.07. The summed E-state index contributed by atoms with van der Waals surface area (Å²) in [4.78, 5) is 5.12. The first kappa shape index (κ1) is 13.3. The van der Waals surface area contributed by atoms with Crippen LogP contribution in [0.5, 0.6) is 0 Å². The molecule has 3 atom stereocenters. The molecule has 1 aliphatic heterocycles. The number of hydrogen-bond donors (Lipinski definition) is 1. The molecule has 0 amide bonds. The third-order valence-electron chi connectivity index (χ3n) is 4.72. The standard InChI is InChI=1S/C14H29N3/c1-11-7-14(2,3)8-13(11)17-6-5-16(4)10-12(17)9-15/h11-13H,5-10,15H2,1-4H3. The van der Waals surface area contributed by atoms with Gasteiger partial charge in [-0.2, -0.15) is 0 Å². The molecule has 2 N–H and O–H groups in total. The van der Waals surface area contributed by atoms with E-state index < -0.39 is 0 Å². The monoisotopic (exact) mass is 239 g/mol. The minimum Gasteiger partial charge on any atom is -0.329 e. The third-order valence-corrected chi connectivity index (χ3v) is 4.72. The molecule has 3 nitrogen and oxygen atoms in total. The van der Waals surface area contributed by atoms with Gasteiger partial charge in [0.25, 0.3) is 0 Å². The van der Waals surface area contributed by atoms with Crippen LogP contribution in [0, 0.1) is 11.3 Å². The molecule has 1 aliphatic carbocycles. The molecule has 1 heterocycles. The quantitative estimate of drug-likeness (QED) is 0.790. The van der Waals surface area contributed by atoms with Crippen LogP contribution >= 0.6 is 0 Å². The lowest BCUT2D eigenvalue weighted by molar-refractivity contribution is 0.0417. The largest absolute Gasteiger partial charge is 0.329 e. The maximum Gasteiger partial charge on any atom is 0.0349 e. The van der Waals surface area contributed by atoms with E-state index in [1.807, 2.05) is 0 Å². The smallest absolute Gasteiger partial charge is 0.0349 e. The highest BCUT2D eigenvalue weighted by molar-refractivity contribution is 4.96. The van der Waals surface area contributed by atoms with Crippen molar-refractivity contribution >= 4 is 0 Å². The van der Waals surface area contributed by atoms with Crippen LogP contribution in [-0.4, -0.2) is 55.1 Å². The summed E-state index contributed by atoms with van der Waals surface area (Å²) in [6.45, 7) is 11.6. The van der Waals surface area contributed by atoms with E-state index in [1.54, 1.807) is 0 Å². The molecule has 2 rings (SSSR count). The Kier molecular flexibility index (Phi) is 3.81. The van der Waals surface area contributed by atoms with Gasteiger partial charge in [0.15, 0.2) is 0 Å². The molecule has 17 heavy (non-hydrogen) atoms. The van der Waals surface area contributed by atoms with Crippen molar-refractivity contribution in [3.05, 3.63) is 0 Å². The van der Waals surface area contributed by atoms with Crippen molar-refractivity contribution in [2.24, 2.45) is 17.1 Å². The van der Waals surface area contributed by atoms with Crippen molar-refractivity contribution in [3.8, 4) is 0 Å². The van der Waals surface area contributed by atoms with Gasteiger partial charge in [-0.05, 0) is 31.2 Å². The van der Waals surface area contributed by atoms with E-state index in [4.69, 9.17) is 5.73 Å². The van der Waals surface area contributed by atoms with Crippen LogP contribution in [0.25, 0.3) is 0 Å². The average molecular weight is 239 g/mol. The van der Waals surface area contributed by atoms with Gasteiger partial charge in [-0.25, -0.2) is 0 Å². The molecule has 0 aromatic rings. The van der Waals surface area contributed by atoms with Crippen LogP contribution in [0.4, 0.5) is 0 Å². The zero-order chi connectivity index (χ0) is 12.6. The second-order valence-corrected chi connectivity index (χ2v) is 7.01. The second kappa shape index (κ2) is 4.87. The highest BCUT2D eigenvalue weighted by Crippen LogP contribution is 2.43. The minimum absolute atomic E-state index is 0.520. The Morgan fingerprint density at radius 1 is 1.24 bits per heavy atom. The van der Waals surface area contributed by atoms with E-state index in [0.717, 1.165) is 25.0 Å². The Morgan fingerprint density at radius 2 is 1.94 bits per heavy atom. The number of piperazine rings is 1. The van der Waals surface area contributed by atoms with Crippen LogP contribution in [0.1, 0.15) is 33.6 Å². The fourth-order valence-electron chi connectivity index (χ4n) is 3.97. The lowest BCUT2D eigenvalue weighted by Crippen LogP contribution is -2.58. The maximum atomic E-state index is 5.97. The molecular weight excluding hydrogens is 210 g/mol. The Balaban J connectivity index is 2.06. The van der Waals surface area contributed by atoms with Crippen molar-refractivity contribution < 1.29 is 0 Å². The molecule has 2 fully saturated rings. The van der Waals surface area contributed by atoms with E-state index in [0.29, 0.717) is 11.5 Å². The van der Waals surface area contributed by atoms with Gasteiger partial charge in [0, 0.05) is 38.3 Å². The van der Waals surface area contributed by atoms with Crippen LogP contribution in [0.2, 0.25) is 0 Å². The Bertz CT molecular complexity index is 264. The van der Waals surface area contributed by atoms with Crippen molar-refractivity contribution in [1.82, 2.24) is 9.80 Å². The highest BCUT2D eigenvalue weighted by Gasteiger charge is 2.42. The van der Waals surface area contributed by atoms with Gasteiger partial charge in [-0.1, -0.05) is 20.8 Å². The molecule has 2 aliphatic rings. The summed E-state index contributed by atoms with van der Waals surface area (Å²) < 4.78 is 0. The predicted molar refractivity (Wildman–Crippen MR) is 73.0 cm³/mol. The molecule has 0 aromatic carbocycles. The number of nitrogens with zero attached hydrogens (tertiary/aromatic N) is 2. The number of rotatable bonds is 2. The summed E-state index contributed by atoms with van der Waals surface area (Å²) in [7, 11) is 2.21. The van der Waals surface area contributed by atoms with Gasteiger partial charge in [0.1, 0.15) is 0 Å². The topological polar surface area (TPSA) is 32.5 Å². The first-order valence-electron chi connectivity index (χ1n) is 7.07. The number of nitrogens with two attached hydrogens (primary N) is 1. The molecule has 3 heteroatoms. The molecule has 100 valence electrons. The molecule has 0 spiro atoms. The second-order valence-electron chi connectivity index (χ2n) is 7.01. The van der Waals surface area contributed by atoms with Gasteiger partial charge < -0.3 is 10.6 Å². The van der Waals surface area contributed by atoms with E-state index in [2.05, 4.69) is 37.6 Å². The van der Waals surface area contributed by atoms with Crippen molar-refractivity contribution in [1.29, 1.82) is 0 Å². The van der Waals surface area contributed by atoms with E-state index in [9.17, 15) is 0 Å². The van der Waals surface area contributed by atoms with Gasteiger partial charge >= 0.3 is 0 Å². The van der Waals surface area contributed by atoms with Crippen LogP contribution in [-0.2, 0) is 0 Å². The fourth-order valence-corrected chi connectivity index (χ4v) is 3.97. The Hall–Kier alpha value is -0.120. The summed E-state index contributed by atoms with van der Waals surface area (Å²) in [5, 5.41) is 0. The van der Waals surface area contributed by atoms with E-state index in [-0.39, 0.29) is 0 Å². The summed E-state index contributed by atoms with van der Waals surface area (Å²) in [5.74, 6) is 0.822. The maximum absolute atomic E-state index is 5.97. The lowest BCUT2D eigenvalue weighted by atomic mass is 9.91. The van der Waals surface area contributed by atoms with Gasteiger partial charge in [-0.15, -0.1) is 0 Å². The average Bonchev–Trinajstić information content (AvgIpc) is 2.52. The zero-order valence-electron chi connectivity index (χ0n) is 11.9. The molecule has 0 aromatic heterocycles. The molecule has 1 saturated heterocycles. The molecule has 0 bridgehead atoms. The molecular formula is C14H29N3. The van der Waals surface area contributed by atoms with Crippen LogP contribution < -0.4 is 5.73 Å². The van der Waals surface area contributed by atoms with E-state index >= 15 is 0 Å². The summed E-state index contributed by atoms with van der Waals surface area (Å²) in [6.07, 6.45) is 2.70. The lowest BCUT2D eigenvalue weighted by Gasteiger charge is -2.44. The Labute approximate surface area is 106 Å². The van der Waals surface area contributed by atoms with Crippen LogP contribution in [0.15, 0.2) is 0 Å². The minimum atomic E-state index is 0.520. The normalized spacial score (nSPS) is 39.7. The van der Waals surface area contributed by atoms with Gasteiger partial charge in [-0.3, -0.25) is 4.90 Å². The SMILES string of the molecule is CC1CC(C)(C)CC1N1CCN(C)CC1CN. The summed E-state index contributed by atoms with van der Waals surface area (Å²) in [6, 6.07) is 1.32. The molecule has 1 saturated carbocycles. The highest BCUT2D eigenvalue weighted by atomic mass is 15.3. The van der Waals surface area contributed by atoms with Crippen molar-refractivity contribution in [3.63, 3.8) is 0 Å². The van der Waals surface area contributed by atoms with Crippen LogP contribution in [0.3, 0.4) is 0 Å². The fraction of sp³-hybridized carbons (Fsp3) is 1.00. The van der Waals surface area contributed by atoms with E-state index in [1.165, 1.54) is 25.9 Å². The molecule has 0 radical (unpaired) electrons. The van der Waals surface area contributed by atoms with Gasteiger partial charge in [0.2, 0.25) is 0 Å². The van der Waals surface area contributed by atoms with Gasteiger partial charge in [0.05, 0.1) is 0 Å². The predicted octanol–water partition coefficient (Wildman–Crippen LogP) is 1.39. The zero-order valence-corrected chi connectivity index (χ0v) is 11.9. The molecule has 3 unspecified atom stereocenters. The third kappa shape index (κ3) is 2.83. The number of hydrogen-bond acceptors (Lipinski definition) is 3. The van der Waals surface area contributed by atoms with Crippen molar-refractivity contribution in [2.45, 2.75) is 45.7 Å². The number of likely N-dealkylation sites (N-methyl/N-ethyl adjacent to an activating group) is 1. The Morgan fingerprint density at radius 3 is 2.47 bits per heavy atom. The van der Waals surface area contributed by atoms with Crippen molar-refractivity contribution in [2.75, 3.05) is 33.2 Å².